The fourth-order valence-electron chi connectivity index (χ4n) is 2.88. The maximum atomic E-state index is 13.1. The molecule has 11 heteroatoms. The van der Waals surface area contributed by atoms with Crippen LogP contribution in [0.15, 0.2) is 6.20 Å². The summed E-state index contributed by atoms with van der Waals surface area (Å²) in [6.45, 7) is 2.01. The molecule has 5 nitrogen and oxygen atoms in total. The highest BCUT2D eigenvalue weighted by Gasteiger charge is 2.55. The summed E-state index contributed by atoms with van der Waals surface area (Å²) >= 11 is 0. The highest BCUT2D eigenvalue weighted by Crippen LogP contribution is 2.45. The predicted octanol–water partition coefficient (Wildman–Crippen LogP) is 3.18. The third-order valence-corrected chi connectivity index (χ3v) is 4.12. The van der Waals surface area contributed by atoms with Gasteiger partial charge in [-0.25, -0.2) is 4.98 Å². The van der Waals surface area contributed by atoms with Crippen LogP contribution < -0.4 is 0 Å². The summed E-state index contributed by atoms with van der Waals surface area (Å²) < 4.78 is 79.2. The Labute approximate surface area is 131 Å². The molecule has 0 spiro atoms. The third-order valence-electron chi connectivity index (χ3n) is 4.12. The number of aliphatic hydroxyl groups is 1. The van der Waals surface area contributed by atoms with Gasteiger partial charge in [-0.2, -0.15) is 31.4 Å². The molecule has 3 rings (SSSR count). The Balaban J connectivity index is 2.19. The van der Waals surface area contributed by atoms with Gasteiger partial charge in [0.2, 0.25) is 5.60 Å². The van der Waals surface area contributed by atoms with Crippen LogP contribution >= 0.6 is 0 Å². The van der Waals surface area contributed by atoms with Gasteiger partial charge in [-0.3, -0.25) is 5.10 Å². The van der Waals surface area contributed by atoms with Gasteiger partial charge in [0.25, 0.3) is 0 Å². The van der Waals surface area contributed by atoms with Gasteiger partial charge in [-0.15, -0.1) is 0 Å². The number of hydrogen-bond donors (Lipinski definition) is 2. The molecule has 24 heavy (non-hydrogen) atoms. The van der Waals surface area contributed by atoms with Crippen molar-refractivity contribution in [3.8, 4) is 11.4 Å². The van der Waals surface area contributed by atoms with Gasteiger partial charge in [0, 0.05) is 11.6 Å². The van der Waals surface area contributed by atoms with Crippen LogP contribution in [0.4, 0.5) is 26.3 Å². The van der Waals surface area contributed by atoms with Crippen LogP contribution in [0.2, 0.25) is 0 Å². The van der Waals surface area contributed by atoms with E-state index in [9.17, 15) is 31.4 Å². The molecule has 0 aromatic carbocycles. The Bertz CT molecular complexity index is 785. The van der Waals surface area contributed by atoms with Gasteiger partial charge in [-0.1, -0.05) is 0 Å². The van der Waals surface area contributed by atoms with Gasteiger partial charge < -0.3 is 9.67 Å². The maximum absolute atomic E-state index is 13.1. The zero-order valence-corrected chi connectivity index (χ0v) is 12.4. The first-order chi connectivity index (χ1) is 10.9. The summed E-state index contributed by atoms with van der Waals surface area (Å²) in [5, 5.41) is 15.3. The number of imidazole rings is 1. The third kappa shape index (κ3) is 2.21. The van der Waals surface area contributed by atoms with Crippen molar-refractivity contribution in [2.45, 2.75) is 44.3 Å². The molecular weight excluding hydrogens is 342 g/mol. The molecule has 2 aromatic heterocycles. The van der Waals surface area contributed by atoms with E-state index in [1.165, 1.54) is 6.92 Å². The second kappa shape index (κ2) is 4.74. The lowest BCUT2D eigenvalue weighted by atomic mass is 9.97. The maximum Gasteiger partial charge on any atom is 0.435 e. The number of H-pyrrole nitrogens is 1. The van der Waals surface area contributed by atoms with Gasteiger partial charge >= 0.3 is 12.4 Å². The van der Waals surface area contributed by atoms with E-state index in [0.29, 0.717) is 6.92 Å². The van der Waals surface area contributed by atoms with Crippen LogP contribution in [0, 0.1) is 0 Å². The van der Waals surface area contributed by atoms with E-state index in [1.54, 1.807) is 0 Å². The molecule has 0 fully saturated rings. The molecule has 0 unspecified atom stereocenters. The first-order valence-corrected chi connectivity index (χ1v) is 6.87. The zero-order valence-electron chi connectivity index (χ0n) is 12.4. The van der Waals surface area contributed by atoms with Gasteiger partial charge in [0.1, 0.15) is 0 Å². The van der Waals surface area contributed by atoms with Crippen molar-refractivity contribution in [2.75, 3.05) is 0 Å². The lowest BCUT2D eigenvalue weighted by Gasteiger charge is -2.31. The van der Waals surface area contributed by atoms with Crippen LogP contribution in [-0.2, 0) is 18.2 Å². The van der Waals surface area contributed by atoms with E-state index in [-0.39, 0.29) is 23.4 Å². The van der Waals surface area contributed by atoms with E-state index in [4.69, 9.17) is 0 Å². The Morgan fingerprint density at radius 1 is 1.25 bits per heavy atom. The molecule has 0 radical (unpaired) electrons. The second-order valence-corrected chi connectivity index (χ2v) is 5.88. The van der Waals surface area contributed by atoms with Gasteiger partial charge in [0.05, 0.1) is 17.6 Å². The normalized spacial score (nSPS) is 20.5. The monoisotopic (exact) mass is 354 g/mol. The summed E-state index contributed by atoms with van der Waals surface area (Å²) in [6, 6.07) is -0.766. The van der Waals surface area contributed by atoms with Gasteiger partial charge in [0.15, 0.2) is 11.5 Å². The molecular formula is C13H12F6N4O. The Morgan fingerprint density at radius 3 is 2.42 bits per heavy atom. The minimum atomic E-state index is -4.99. The van der Waals surface area contributed by atoms with Crippen molar-refractivity contribution in [1.29, 1.82) is 0 Å². The molecule has 2 atom stereocenters. The number of aromatic amines is 1. The largest absolute Gasteiger partial charge is 0.435 e. The molecule has 0 saturated carbocycles. The minimum absolute atomic E-state index is 0.0197. The summed E-state index contributed by atoms with van der Waals surface area (Å²) in [6.07, 6.45) is -8.85. The Hall–Kier alpha value is -2.04. The van der Waals surface area contributed by atoms with E-state index >= 15 is 0 Å². The Kier molecular flexibility index (Phi) is 3.32. The first-order valence-electron chi connectivity index (χ1n) is 6.87. The molecule has 2 N–H and O–H groups in total. The summed E-state index contributed by atoms with van der Waals surface area (Å²) in [7, 11) is 0. The quantitative estimate of drug-likeness (QED) is 0.773. The number of alkyl halides is 6. The van der Waals surface area contributed by atoms with Crippen LogP contribution in [0.3, 0.4) is 0 Å². The van der Waals surface area contributed by atoms with Crippen molar-refractivity contribution < 1.29 is 31.4 Å². The fourth-order valence-corrected chi connectivity index (χ4v) is 2.88. The second-order valence-electron chi connectivity index (χ2n) is 5.88. The number of hydrogen-bond acceptors (Lipinski definition) is 3. The number of halogens is 6. The number of nitrogens with zero attached hydrogens (tertiary/aromatic N) is 3. The molecule has 132 valence electrons. The number of rotatable bonds is 1. The molecule has 0 amide bonds. The summed E-state index contributed by atoms with van der Waals surface area (Å²) in [4.78, 5) is 3.62. The van der Waals surface area contributed by atoms with E-state index in [1.807, 2.05) is 0 Å². The van der Waals surface area contributed by atoms with Crippen LogP contribution in [0.5, 0.6) is 0 Å². The van der Waals surface area contributed by atoms with Crippen LogP contribution in [0.25, 0.3) is 11.4 Å². The summed E-state index contributed by atoms with van der Waals surface area (Å²) in [5.41, 5.74) is -4.48. The average molecular weight is 354 g/mol. The number of fused-ring (bicyclic) bond motifs is 3. The topological polar surface area (TPSA) is 66.7 Å². The number of aromatic nitrogens is 4. The van der Waals surface area contributed by atoms with E-state index < -0.39 is 35.5 Å². The minimum Gasteiger partial charge on any atom is -0.374 e. The molecule has 0 saturated heterocycles. The fraction of sp³-hybridized carbons (Fsp3) is 0.538. The first kappa shape index (κ1) is 16.8. The van der Waals surface area contributed by atoms with Crippen molar-refractivity contribution in [2.24, 2.45) is 0 Å². The molecule has 0 bridgehead atoms. The van der Waals surface area contributed by atoms with Crippen LogP contribution in [0.1, 0.15) is 37.0 Å². The molecule has 1 aliphatic rings. The number of nitrogens with one attached hydrogen (secondary N) is 1. The molecule has 1 aliphatic heterocycles. The predicted molar refractivity (Wildman–Crippen MR) is 68.9 cm³/mol. The average Bonchev–Trinajstić information content (AvgIpc) is 2.99. The van der Waals surface area contributed by atoms with Gasteiger partial charge in [-0.05, 0) is 20.3 Å². The van der Waals surface area contributed by atoms with Crippen LogP contribution in [-0.4, -0.2) is 31.0 Å². The van der Waals surface area contributed by atoms with Crippen molar-refractivity contribution in [3.05, 3.63) is 23.3 Å². The van der Waals surface area contributed by atoms with Crippen molar-refractivity contribution in [3.63, 3.8) is 0 Å². The highest BCUT2D eigenvalue weighted by atomic mass is 19.4. The van der Waals surface area contributed by atoms with Crippen molar-refractivity contribution >= 4 is 0 Å². The molecule has 0 aliphatic carbocycles. The lowest BCUT2D eigenvalue weighted by Crippen LogP contribution is -2.42. The standard InChI is InChI=1S/C13H12F6N4O/c1-5-3-6-8(21-22-9(6)12(14,15)16)7-4-20-10(23(5)7)11(2,24)13(17,18)19/h4-5,24H,3H2,1-2H3,(H,21,22)/t5-,11+/m0/s1. The van der Waals surface area contributed by atoms with E-state index in [2.05, 4.69) is 15.2 Å². The van der Waals surface area contributed by atoms with E-state index in [0.717, 1.165) is 10.8 Å². The summed E-state index contributed by atoms with van der Waals surface area (Å²) in [5.74, 6) is -0.675. The van der Waals surface area contributed by atoms with Crippen molar-refractivity contribution in [1.82, 2.24) is 19.7 Å². The Morgan fingerprint density at radius 2 is 1.88 bits per heavy atom. The zero-order chi connectivity index (χ0) is 18.1. The smallest absolute Gasteiger partial charge is 0.374 e. The highest BCUT2D eigenvalue weighted by molar-refractivity contribution is 5.63. The molecule has 2 aromatic rings. The molecule has 3 heterocycles. The SMILES string of the molecule is C[C@H]1Cc2c(C(F)(F)F)n[nH]c2-c2cnc([C@@](C)(O)C(F)(F)F)n21. The lowest BCUT2D eigenvalue weighted by molar-refractivity contribution is -0.262.